The lowest BCUT2D eigenvalue weighted by molar-refractivity contribution is -0.384. The molecule has 0 spiro atoms. The van der Waals surface area contributed by atoms with Crippen molar-refractivity contribution in [1.82, 2.24) is 9.99 Å². The van der Waals surface area contributed by atoms with Crippen LogP contribution in [-0.4, -0.2) is 28.2 Å². The lowest BCUT2D eigenvalue weighted by Gasteiger charge is -2.09. The molecule has 160 valence electrons. The summed E-state index contributed by atoms with van der Waals surface area (Å²) in [6.45, 7) is 3.47. The summed E-state index contributed by atoms with van der Waals surface area (Å²) in [5.74, 6) is -0.125. The largest absolute Gasteiger partial charge is 0.482 e. The Morgan fingerprint density at radius 1 is 1.23 bits per heavy atom. The lowest BCUT2D eigenvalue weighted by atomic mass is 10.2. The van der Waals surface area contributed by atoms with E-state index in [0.717, 1.165) is 17.0 Å². The summed E-state index contributed by atoms with van der Waals surface area (Å²) in [6.07, 6.45) is 1.50. The number of halogens is 2. The SMILES string of the molecule is Cc1cc(/C=N/NC(=O)COc2ccc(Cl)cc2Cl)c(C)n1-c1cccc([N+](=O)[O-])c1. The number of nitro groups is 1. The zero-order chi connectivity index (χ0) is 22.5. The molecular formula is C21H18Cl2N4O4. The molecule has 31 heavy (non-hydrogen) atoms. The first-order chi connectivity index (χ1) is 14.8. The Kier molecular flexibility index (Phi) is 6.94. The van der Waals surface area contributed by atoms with Crippen LogP contribution in [0.15, 0.2) is 53.6 Å². The fourth-order valence-corrected chi connectivity index (χ4v) is 3.47. The van der Waals surface area contributed by atoms with Crippen LogP contribution in [0.1, 0.15) is 17.0 Å². The molecule has 0 atom stereocenters. The molecule has 0 bridgehead atoms. The molecule has 0 aliphatic carbocycles. The summed E-state index contributed by atoms with van der Waals surface area (Å²) >= 11 is 11.8. The van der Waals surface area contributed by atoms with Gasteiger partial charge in [0.15, 0.2) is 6.61 Å². The number of nitrogens with zero attached hydrogens (tertiary/aromatic N) is 3. The summed E-state index contributed by atoms with van der Waals surface area (Å²) in [5, 5.41) is 15.8. The maximum absolute atomic E-state index is 12.0. The van der Waals surface area contributed by atoms with Gasteiger partial charge in [0.2, 0.25) is 0 Å². The van der Waals surface area contributed by atoms with Crippen molar-refractivity contribution in [3.05, 3.63) is 85.6 Å². The van der Waals surface area contributed by atoms with Gasteiger partial charge in [-0.3, -0.25) is 14.9 Å². The van der Waals surface area contributed by atoms with Crippen molar-refractivity contribution in [2.75, 3.05) is 6.61 Å². The molecule has 0 aliphatic heterocycles. The van der Waals surface area contributed by atoms with Crippen LogP contribution in [0.2, 0.25) is 10.0 Å². The smallest absolute Gasteiger partial charge is 0.277 e. The minimum absolute atomic E-state index is 0.00766. The summed E-state index contributed by atoms with van der Waals surface area (Å²) in [7, 11) is 0. The van der Waals surface area contributed by atoms with E-state index in [2.05, 4.69) is 10.5 Å². The van der Waals surface area contributed by atoms with Gasteiger partial charge < -0.3 is 9.30 Å². The van der Waals surface area contributed by atoms with Gasteiger partial charge in [-0.1, -0.05) is 29.3 Å². The van der Waals surface area contributed by atoms with Crippen LogP contribution in [0, 0.1) is 24.0 Å². The number of hydrogen-bond donors (Lipinski definition) is 1. The summed E-state index contributed by atoms with van der Waals surface area (Å²) in [4.78, 5) is 22.6. The van der Waals surface area contributed by atoms with Crippen LogP contribution in [0.3, 0.4) is 0 Å². The van der Waals surface area contributed by atoms with E-state index in [9.17, 15) is 14.9 Å². The molecule has 3 aromatic rings. The first kappa shape index (κ1) is 22.3. The molecule has 1 aromatic heterocycles. The van der Waals surface area contributed by atoms with Crippen molar-refractivity contribution >= 4 is 41.0 Å². The Bertz CT molecular complexity index is 1170. The lowest BCUT2D eigenvalue weighted by Crippen LogP contribution is -2.24. The van der Waals surface area contributed by atoms with E-state index in [-0.39, 0.29) is 12.3 Å². The van der Waals surface area contributed by atoms with E-state index in [4.69, 9.17) is 27.9 Å². The van der Waals surface area contributed by atoms with Gasteiger partial charge in [0, 0.05) is 34.1 Å². The molecule has 1 amide bonds. The Hall–Kier alpha value is -3.36. The van der Waals surface area contributed by atoms with Crippen molar-refractivity contribution in [3.8, 4) is 11.4 Å². The Labute approximate surface area is 188 Å². The molecule has 1 heterocycles. The minimum Gasteiger partial charge on any atom is -0.482 e. The van der Waals surface area contributed by atoms with E-state index in [1.54, 1.807) is 24.3 Å². The van der Waals surface area contributed by atoms with Crippen LogP contribution in [0.5, 0.6) is 5.75 Å². The Morgan fingerprint density at radius 3 is 2.71 bits per heavy atom. The molecule has 0 saturated heterocycles. The number of carbonyl (C=O) groups is 1. The van der Waals surface area contributed by atoms with Crippen molar-refractivity contribution in [3.63, 3.8) is 0 Å². The van der Waals surface area contributed by atoms with Gasteiger partial charge in [-0.25, -0.2) is 5.43 Å². The number of aromatic nitrogens is 1. The molecule has 0 saturated carbocycles. The molecule has 0 unspecified atom stereocenters. The second-order valence-corrected chi connectivity index (χ2v) is 7.44. The highest BCUT2D eigenvalue weighted by Gasteiger charge is 2.13. The molecule has 0 aliphatic rings. The number of hydrazone groups is 1. The maximum atomic E-state index is 12.0. The molecule has 1 N–H and O–H groups in total. The molecular weight excluding hydrogens is 443 g/mol. The third kappa shape index (κ3) is 5.42. The monoisotopic (exact) mass is 460 g/mol. The van der Waals surface area contributed by atoms with E-state index in [1.165, 1.54) is 24.4 Å². The Morgan fingerprint density at radius 2 is 2.00 bits per heavy atom. The van der Waals surface area contributed by atoms with Crippen LogP contribution >= 0.6 is 23.2 Å². The zero-order valence-electron chi connectivity index (χ0n) is 16.6. The predicted molar refractivity (Wildman–Crippen MR) is 120 cm³/mol. The Balaban J connectivity index is 1.66. The van der Waals surface area contributed by atoms with Gasteiger partial charge in [-0.05, 0) is 44.2 Å². The number of nitro benzene ring substituents is 1. The van der Waals surface area contributed by atoms with Crippen molar-refractivity contribution in [2.45, 2.75) is 13.8 Å². The van der Waals surface area contributed by atoms with Gasteiger partial charge in [-0.2, -0.15) is 5.10 Å². The third-order valence-electron chi connectivity index (χ3n) is 4.41. The number of aryl methyl sites for hydroxylation is 1. The number of amides is 1. The highest BCUT2D eigenvalue weighted by Crippen LogP contribution is 2.27. The van der Waals surface area contributed by atoms with Gasteiger partial charge in [0.25, 0.3) is 11.6 Å². The number of hydrogen-bond acceptors (Lipinski definition) is 5. The normalized spacial score (nSPS) is 11.0. The average molecular weight is 461 g/mol. The maximum Gasteiger partial charge on any atom is 0.277 e. The van der Waals surface area contributed by atoms with Crippen molar-refractivity contribution < 1.29 is 14.5 Å². The first-order valence-electron chi connectivity index (χ1n) is 9.10. The number of benzene rings is 2. The van der Waals surface area contributed by atoms with Crippen LogP contribution in [0.4, 0.5) is 5.69 Å². The van der Waals surface area contributed by atoms with Crippen LogP contribution in [0.25, 0.3) is 5.69 Å². The quantitative estimate of drug-likeness (QED) is 0.309. The fourth-order valence-electron chi connectivity index (χ4n) is 3.00. The third-order valence-corrected chi connectivity index (χ3v) is 4.95. The second kappa shape index (κ2) is 9.63. The molecule has 3 rings (SSSR count). The van der Waals surface area contributed by atoms with Crippen LogP contribution in [-0.2, 0) is 4.79 Å². The summed E-state index contributed by atoms with van der Waals surface area (Å²) in [5.41, 5.74) is 5.51. The molecule has 2 aromatic carbocycles. The number of ether oxygens (including phenoxy) is 1. The highest BCUT2D eigenvalue weighted by molar-refractivity contribution is 6.35. The molecule has 0 radical (unpaired) electrons. The molecule has 0 fully saturated rings. The van der Waals surface area contributed by atoms with E-state index >= 15 is 0 Å². The number of rotatable bonds is 7. The highest BCUT2D eigenvalue weighted by atomic mass is 35.5. The second-order valence-electron chi connectivity index (χ2n) is 6.60. The summed E-state index contributed by atoms with van der Waals surface area (Å²) < 4.78 is 7.23. The van der Waals surface area contributed by atoms with Crippen molar-refractivity contribution in [2.24, 2.45) is 5.10 Å². The number of nitrogens with one attached hydrogen (secondary N) is 1. The van der Waals surface area contributed by atoms with Crippen molar-refractivity contribution in [1.29, 1.82) is 0 Å². The van der Waals surface area contributed by atoms with Crippen LogP contribution < -0.4 is 10.2 Å². The molecule has 10 heteroatoms. The number of carbonyl (C=O) groups excluding carboxylic acids is 1. The van der Waals surface area contributed by atoms with Gasteiger partial charge in [0.1, 0.15) is 5.75 Å². The number of non-ortho nitro benzene ring substituents is 1. The topological polar surface area (TPSA) is 98.8 Å². The fraction of sp³-hybridized carbons (Fsp3) is 0.143. The zero-order valence-corrected chi connectivity index (χ0v) is 18.1. The van der Waals surface area contributed by atoms with Gasteiger partial charge >= 0.3 is 0 Å². The van der Waals surface area contributed by atoms with E-state index < -0.39 is 10.8 Å². The van der Waals surface area contributed by atoms with Gasteiger partial charge in [-0.15, -0.1) is 0 Å². The first-order valence-corrected chi connectivity index (χ1v) is 9.85. The van der Waals surface area contributed by atoms with Gasteiger partial charge in [0.05, 0.1) is 21.8 Å². The minimum atomic E-state index is -0.463. The summed E-state index contributed by atoms with van der Waals surface area (Å²) in [6, 6.07) is 12.9. The van der Waals surface area contributed by atoms with E-state index in [1.807, 2.05) is 24.5 Å². The predicted octanol–water partition coefficient (Wildman–Crippen LogP) is 4.84. The standard InChI is InChI=1S/C21H18Cl2N4O4/c1-13-8-15(14(2)26(13)17-4-3-5-18(10-17)27(29)30)11-24-25-21(28)12-31-20-7-6-16(22)9-19(20)23/h3-11H,12H2,1-2H3,(H,25,28)/b24-11+. The average Bonchev–Trinajstić information content (AvgIpc) is 3.00. The van der Waals surface area contributed by atoms with E-state index in [0.29, 0.717) is 21.5 Å². The molecule has 8 nitrogen and oxygen atoms in total.